The minimum Gasteiger partial charge on any atom is -0.278 e. The van der Waals surface area contributed by atoms with Gasteiger partial charge in [0, 0.05) is 5.92 Å². The van der Waals surface area contributed by atoms with Crippen LogP contribution in [0.1, 0.15) is 26.7 Å². The van der Waals surface area contributed by atoms with Crippen LogP contribution in [0, 0.1) is 5.92 Å². The fraction of sp³-hybridized carbons (Fsp3) is 0.278. The van der Waals surface area contributed by atoms with Gasteiger partial charge in [0.25, 0.3) is 0 Å². The van der Waals surface area contributed by atoms with Crippen molar-refractivity contribution in [2.75, 3.05) is 4.90 Å². The van der Waals surface area contributed by atoms with Crippen molar-refractivity contribution in [3.05, 3.63) is 48.5 Å². The Hall–Kier alpha value is -2.14. The van der Waals surface area contributed by atoms with E-state index in [1.165, 1.54) is 0 Å². The first-order valence-electron chi connectivity index (χ1n) is 7.79. The van der Waals surface area contributed by atoms with E-state index >= 15 is 0 Å². The molecule has 0 N–H and O–H groups in total. The van der Waals surface area contributed by atoms with Crippen molar-refractivity contribution in [3.8, 4) is 0 Å². The fourth-order valence-corrected chi connectivity index (χ4v) is 4.67. The predicted molar refractivity (Wildman–Crippen MR) is 89.6 cm³/mol. The number of hydrogen-bond acceptors (Lipinski definition) is 3. The Bertz CT molecular complexity index is 801. The van der Waals surface area contributed by atoms with Gasteiger partial charge >= 0.3 is 0 Å². The van der Waals surface area contributed by atoms with E-state index in [4.69, 9.17) is 0 Å². The lowest BCUT2D eigenvalue weighted by atomic mass is 10.0. The molecule has 1 heterocycles. The minimum atomic E-state index is -3.60. The number of para-hydroxylation sites is 2. The Labute approximate surface area is 136 Å². The molecular weight excluding hydrogens is 310 g/mol. The summed E-state index contributed by atoms with van der Waals surface area (Å²) in [6.07, 6.45) is 1.45. The fourth-order valence-electron chi connectivity index (χ4n) is 3.04. The van der Waals surface area contributed by atoms with E-state index < -0.39 is 9.84 Å². The maximum absolute atomic E-state index is 13.0. The van der Waals surface area contributed by atoms with Crippen LogP contribution in [-0.4, -0.2) is 14.3 Å². The van der Waals surface area contributed by atoms with Crippen LogP contribution in [0.4, 0.5) is 11.4 Å². The Morgan fingerprint density at radius 2 is 1.35 bits per heavy atom. The standard InChI is InChI=1S/C18H19NO3S/c1-3-13(4-2)18(20)19-14-9-5-7-11-16(14)23(21,22)17-12-8-6-10-15(17)19/h5-13H,3-4H2,1-2H3. The van der Waals surface area contributed by atoms with E-state index in [0.717, 1.165) is 12.8 Å². The number of sulfone groups is 1. The van der Waals surface area contributed by atoms with E-state index in [-0.39, 0.29) is 21.6 Å². The number of carbonyl (C=O) groups is 1. The van der Waals surface area contributed by atoms with Gasteiger partial charge in [-0.25, -0.2) is 8.42 Å². The van der Waals surface area contributed by atoms with Gasteiger partial charge in [-0.2, -0.15) is 0 Å². The second kappa shape index (κ2) is 5.81. The molecule has 3 rings (SSSR count). The summed E-state index contributed by atoms with van der Waals surface area (Å²) in [7, 11) is -3.60. The largest absolute Gasteiger partial charge is 0.278 e. The summed E-state index contributed by atoms with van der Waals surface area (Å²) in [5.41, 5.74) is 0.895. The summed E-state index contributed by atoms with van der Waals surface area (Å²) >= 11 is 0. The van der Waals surface area contributed by atoms with Crippen LogP contribution >= 0.6 is 0 Å². The second-order valence-electron chi connectivity index (χ2n) is 5.63. The lowest BCUT2D eigenvalue weighted by Gasteiger charge is -2.33. The molecule has 120 valence electrons. The Morgan fingerprint density at radius 1 is 0.913 bits per heavy atom. The molecule has 1 aliphatic rings. The number of hydrogen-bond donors (Lipinski definition) is 0. The molecule has 0 spiro atoms. The van der Waals surface area contributed by atoms with E-state index in [1.54, 1.807) is 53.4 Å². The van der Waals surface area contributed by atoms with Crippen molar-refractivity contribution >= 4 is 27.1 Å². The van der Waals surface area contributed by atoms with Gasteiger partial charge in [-0.15, -0.1) is 0 Å². The molecule has 0 atom stereocenters. The average Bonchev–Trinajstić information content (AvgIpc) is 2.56. The van der Waals surface area contributed by atoms with E-state index in [1.807, 2.05) is 13.8 Å². The molecule has 1 amide bonds. The zero-order valence-electron chi connectivity index (χ0n) is 13.2. The van der Waals surface area contributed by atoms with Crippen LogP contribution in [0.5, 0.6) is 0 Å². The molecule has 0 aromatic heterocycles. The van der Waals surface area contributed by atoms with Crippen LogP contribution < -0.4 is 4.90 Å². The van der Waals surface area contributed by atoms with Gasteiger partial charge in [0.15, 0.2) is 0 Å². The van der Waals surface area contributed by atoms with Crippen molar-refractivity contribution in [2.24, 2.45) is 5.92 Å². The molecule has 2 aromatic rings. The normalized spacial score (nSPS) is 15.2. The number of anilines is 2. The van der Waals surface area contributed by atoms with Crippen molar-refractivity contribution in [2.45, 2.75) is 36.5 Å². The van der Waals surface area contributed by atoms with E-state index in [0.29, 0.717) is 11.4 Å². The molecule has 4 nitrogen and oxygen atoms in total. The van der Waals surface area contributed by atoms with E-state index in [9.17, 15) is 13.2 Å². The average molecular weight is 329 g/mol. The van der Waals surface area contributed by atoms with Crippen molar-refractivity contribution < 1.29 is 13.2 Å². The van der Waals surface area contributed by atoms with Crippen LogP contribution in [0.2, 0.25) is 0 Å². The van der Waals surface area contributed by atoms with Gasteiger partial charge in [-0.1, -0.05) is 38.1 Å². The molecule has 0 radical (unpaired) electrons. The highest BCUT2D eigenvalue weighted by atomic mass is 32.2. The predicted octanol–water partition coefficient (Wildman–Crippen LogP) is 3.93. The Morgan fingerprint density at radius 3 is 1.78 bits per heavy atom. The van der Waals surface area contributed by atoms with Gasteiger partial charge in [0.2, 0.25) is 15.7 Å². The maximum Gasteiger partial charge on any atom is 0.234 e. The van der Waals surface area contributed by atoms with Crippen molar-refractivity contribution in [3.63, 3.8) is 0 Å². The zero-order chi connectivity index (χ0) is 16.6. The number of fused-ring (bicyclic) bond motifs is 2. The molecular formula is C18H19NO3S. The lowest BCUT2D eigenvalue weighted by molar-refractivity contribution is -0.121. The third-order valence-corrected chi connectivity index (χ3v) is 6.20. The number of rotatable bonds is 3. The van der Waals surface area contributed by atoms with E-state index in [2.05, 4.69) is 0 Å². The van der Waals surface area contributed by atoms with Gasteiger partial charge in [0.05, 0.1) is 21.2 Å². The molecule has 0 saturated heterocycles. The highest BCUT2D eigenvalue weighted by molar-refractivity contribution is 7.92. The van der Waals surface area contributed by atoms with Crippen molar-refractivity contribution in [1.82, 2.24) is 0 Å². The molecule has 0 fully saturated rings. The quantitative estimate of drug-likeness (QED) is 0.857. The molecule has 0 bridgehead atoms. The number of benzene rings is 2. The second-order valence-corrected chi connectivity index (χ2v) is 7.51. The first-order valence-corrected chi connectivity index (χ1v) is 9.27. The highest BCUT2D eigenvalue weighted by Gasteiger charge is 2.37. The molecule has 5 heteroatoms. The third kappa shape index (κ3) is 2.36. The van der Waals surface area contributed by atoms with Crippen LogP contribution in [0.3, 0.4) is 0 Å². The van der Waals surface area contributed by atoms with Crippen LogP contribution in [-0.2, 0) is 14.6 Å². The number of amides is 1. The molecule has 0 aliphatic carbocycles. The smallest absolute Gasteiger partial charge is 0.234 e. The monoisotopic (exact) mass is 329 g/mol. The SMILES string of the molecule is CCC(CC)C(=O)N1c2ccccc2S(=O)(=O)c2ccccc21. The lowest BCUT2D eigenvalue weighted by Crippen LogP contribution is -2.36. The number of nitrogens with zero attached hydrogens (tertiary/aromatic N) is 1. The summed E-state index contributed by atoms with van der Waals surface area (Å²) in [4.78, 5) is 15.0. The Balaban J connectivity index is 2.28. The number of carbonyl (C=O) groups excluding carboxylic acids is 1. The topological polar surface area (TPSA) is 54.5 Å². The van der Waals surface area contributed by atoms with Crippen LogP contribution in [0.15, 0.2) is 58.3 Å². The molecule has 2 aromatic carbocycles. The van der Waals surface area contributed by atoms with Gasteiger partial charge in [-0.05, 0) is 37.1 Å². The first-order chi connectivity index (χ1) is 11.0. The summed E-state index contributed by atoms with van der Waals surface area (Å²) in [6.45, 7) is 3.95. The summed E-state index contributed by atoms with van der Waals surface area (Å²) in [5, 5.41) is 0. The first kappa shape index (κ1) is 15.7. The molecule has 1 aliphatic heterocycles. The van der Waals surface area contributed by atoms with Crippen LogP contribution in [0.25, 0.3) is 0 Å². The molecule has 23 heavy (non-hydrogen) atoms. The summed E-state index contributed by atoms with van der Waals surface area (Å²) in [6, 6.07) is 13.4. The van der Waals surface area contributed by atoms with Crippen molar-refractivity contribution in [1.29, 1.82) is 0 Å². The zero-order valence-corrected chi connectivity index (χ0v) is 14.0. The highest BCUT2D eigenvalue weighted by Crippen LogP contribution is 2.44. The molecule has 0 unspecified atom stereocenters. The third-order valence-electron chi connectivity index (χ3n) is 4.35. The molecule has 0 saturated carbocycles. The van der Waals surface area contributed by atoms with Gasteiger partial charge < -0.3 is 0 Å². The maximum atomic E-state index is 13.0. The van der Waals surface area contributed by atoms with Gasteiger partial charge in [0.1, 0.15) is 0 Å². The van der Waals surface area contributed by atoms with Gasteiger partial charge in [-0.3, -0.25) is 9.69 Å². The Kier molecular flexibility index (Phi) is 3.98. The minimum absolute atomic E-state index is 0.0511. The summed E-state index contributed by atoms with van der Waals surface area (Å²) < 4.78 is 25.7. The summed E-state index contributed by atoms with van der Waals surface area (Å²) in [5.74, 6) is -0.179.